The average Bonchev–Trinajstić information content (AvgIpc) is 3.46. The van der Waals surface area contributed by atoms with Crippen LogP contribution in [0.1, 0.15) is 22.5 Å². The molecule has 1 aliphatic rings. The number of benzene rings is 2. The van der Waals surface area contributed by atoms with Gasteiger partial charge in [0.15, 0.2) is 5.13 Å². The summed E-state index contributed by atoms with van der Waals surface area (Å²) in [7, 11) is -3.53. The monoisotopic (exact) mass is 495 g/mol. The molecule has 11 heteroatoms. The summed E-state index contributed by atoms with van der Waals surface area (Å²) in [5.41, 5.74) is 0.588. The van der Waals surface area contributed by atoms with E-state index in [1.165, 1.54) is 27.8 Å². The SMILES string of the molecule is O=C(Nc1nc2ccc(S(=O)(=O)N3CCCC3)cc2s1)c1sc2cc(F)ccc2c1Cl. The fourth-order valence-corrected chi connectivity index (χ4v) is 7.49. The molecule has 2 aromatic heterocycles. The van der Waals surface area contributed by atoms with Gasteiger partial charge in [-0.15, -0.1) is 11.3 Å². The molecule has 0 spiro atoms. The molecule has 3 heterocycles. The predicted octanol–water partition coefficient (Wildman–Crippen LogP) is 5.34. The molecule has 5 rings (SSSR count). The molecule has 160 valence electrons. The molecule has 0 radical (unpaired) electrons. The maximum Gasteiger partial charge on any atom is 0.269 e. The van der Waals surface area contributed by atoms with Gasteiger partial charge < -0.3 is 0 Å². The van der Waals surface area contributed by atoms with Crippen molar-refractivity contribution in [1.82, 2.24) is 9.29 Å². The second-order valence-electron chi connectivity index (χ2n) is 7.10. The standard InChI is InChI=1S/C20H15ClFN3O3S3/c21-17-13-5-3-11(22)9-15(13)29-18(17)19(26)24-20-23-14-6-4-12(10-16(14)30-20)31(27,28)25-7-1-2-8-25/h3-6,9-10H,1-2,7-8H2,(H,23,24,26). The third kappa shape index (κ3) is 3.72. The number of thiazole rings is 1. The molecule has 0 atom stereocenters. The molecule has 0 bridgehead atoms. The van der Waals surface area contributed by atoms with Crippen molar-refractivity contribution in [2.45, 2.75) is 17.7 Å². The number of thiophene rings is 1. The number of fused-ring (bicyclic) bond motifs is 2. The summed E-state index contributed by atoms with van der Waals surface area (Å²) in [6.45, 7) is 1.06. The number of carbonyl (C=O) groups is 1. The molecule has 1 N–H and O–H groups in total. The highest BCUT2D eigenvalue weighted by molar-refractivity contribution is 7.89. The summed E-state index contributed by atoms with van der Waals surface area (Å²) in [5.74, 6) is -0.848. The first-order valence-corrected chi connectivity index (χ1v) is 12.9. The minimum absolute atomic E-state index is 0.220. The first kappa shape index (κ1) is 20.8. The van der Waals surface area contributed by atoms with Crippen molar-refractivity contribution in [3.63, 3.8) is 0 Å². The Hall–Kier alpha value is -2.11. The number of nitrogens with zero attached hydrogens (tertiary/aromatic N) is 2. The fraction of sp³-hybridized carbons (Fsp3) is 0.200. The summed E-state index contributed by atoms with van der Waals surface area (Å²) in [4.78, 5) is 17.6. The van der Waals surface area contributed by atoms with E-state index in [2.05, 4.69) is 10.3 Å². The van der Waals surface area contributed by atoms with Crippen molar-refractivity contribution in [3.8, 4) is 0 Å². The number of amides is 1. The second kappa shape index (κ2) is 7.79. The Labute approximate surface area is 190 Å². The molecule has 6 nitrogen and oxygen atoms in total. The van der Waals surface area contributed by atoms with Gasteiger partial charge in [0.1, 0.15) is 10.7 Å². The second-order valence-corrected chi connectivity index (χ2v) is 11.5. The van der Waals surface area contributed by atoms with Crippen LogP contribution in [-0.4, -0.2) is 36.7 Å². The van der Waals surface area contributed by atoms with Crippen molar-refractivity contribution in [2.24, 2.45) is 0 Å². The third-order valence-corrected chi connectivity index (χ3v) is 9.57. The van der Waals surface area contributed by atoms with E-state index in [1.807, 2.05) is 0 Å². The molecule has 31 heavy (non-hydrogen) atoms. The van der Waals surface area contributed by atoms with E-state index in [-0.39, 0.29) is 14.8 Å². The Morgan fingerprint density at radius 2 is 1.87 bits per heavy atom. The van der Waals surface area contributed by atoms with Crippen molar-refractivity contribution in [3.05, 3.63) is 52.1 Å². The molecular weight excluding hydrogens is 481 g/mol. The zero-order valence-corrected chi connectivity index (χ0v) is 19.1. The Bertz CT molecular complexity index is 1440. The van der Waals surface area contributed by atoms with Gasteiger partial charge in [-0.25, -0.2) is 17.8 Å². The number of carbonyl (C=O) groups excluding carboxylic acids is 1. The quantitative estimate of drug-likeness (QED) is 0.414. The molecule has 1 amide bonds. The number of hydrogen-bond acceptors (Lipinski definition) is 6. The van der Waals surface area contributed by atoms with E-state index < -0.39 is 21.7 Å². The lowest BCUT2D eigenvalue weighted by Gasteiger charge is -2.15. The molecular formula is C20H15ClFN3O3S3. The van der Waals surface area contributed by atoms with Gasteiger partial charge in [0.25, 0.3) is 5.91 Å². The topological polar surface area (TPSA) is 79.4 Å². The van der Waals surface area contributed by atoms with Crippen molar-refractivity contribution in [1.29, 1.82) is 0 Å². The number of rotatable bonds is 4. The van der Waals surface area contributed by atoms with E-state index in [1.54, 1.807) is 24.3 Å². The summed E-state index contributed by atoms with van der Waals surface area (Å²) in [5, 5.41) is 3.92. The molecule has 1 fully saturated rings. The predicted molar refractivity (Wildman–Crippen MR) is 122 cm³/mol. The minimum atomic E-state index is -3.53. The highest BCUT2D eigenvalue weighted by atomic mass is 35.5. The third-order valence-electron chi connectivity index (χ3n) is 5.08. The summed E-state index contributed by atoms with van der Waals surface area (Å²) < 4.78 is 41.8. The average molecular weight is 496 g/mol. The minimum Gasteiger partial charge on any atom is -0.297 e. The van der Waals surface area contributed by atoms with Crippen LogP contribution >= 0.6 is 34.3 Å². The van der Waals surface area contributed by atoms with Crippen molar-refractivity contribution >= 4 is 75.6 Å². The maximum absolute atomic E-state index is 13.5. The zero-order chi connectivity index (χ0) is 21.8. The lowest BCUT2D eigenvalue weighted by Crippen LogP contribution is -2.27. The lowest BCUT2D eigenvalue weighted by molar-refractivity contribution is 0.103. The van der Waals surface area contributed by atoms with Crippen LogP contribution in [0.2, 0.25) is 5.02 Å². The largest absolute Gasteiger partial charge is 0.297 e. The van der Waals surface area contributed by atoms with Gasteiger partial charge in [-0.2, -0.15) is 4.31 Å². The normalized spacial score (nSPS) is 15.2. The van der Waals surface area contributed by atoms with E-state index in [9.17, 15) is 17.6 Å². The van der Waals surface area contributed by atoms with Crippen LogP contribution in [0.25, 0.3) is 20.3 Å². The van der Waals surface area contributed by atoms with Crippen molar-refractivity contribution in [2.75, 3.05) is 18.4 Å². The molecule has 0 saturated carbocycles. The fourth-order valence-electron chi connectivity index (χ4n) is 3.54. The number of hydrogen-bond donors (Lipinski definition) is 1. The number of sulfonamides is 1. The van der Waals surface area contributed by atoms with Gasteiger partial charge in [-0.3, -0.25) is 10.1 Å². The molecule has 1 saturated heterocycles. The Balaban J connectivity index is 1.43. The van der Waals surface area contributed by atoms with Gasteiger partial charge in [-0.05, 0) is 49.2 Å². The van der Waals surface area contributed by atoms with Gasteiger partial charge in [0.05, 0.1) is 20.1 Å². The number of halogens is 2. The first-order chi connectivity index (χ1) is 14.8. The number of nitrogens with one attached hydrogen (secondary N) is 1. The molecule has 1 aliphatic heterocycles. The zero-order valence-electron chi connectivity index (χ0n) is 15.9. The van der Waals surface area contributed by atoms with E-state index in [0.29, 0.717) is 38.5 Å². The van der Waals surface area contributed by atoms with Crippen LogP contribution in [-0.2, 0) is 10.0 Å². The van der Waals surface area contributed by atoms with Gasteiger partial charge >= 0.3 is 0 Å². The Morgan fingerprint density at radius 1 is 1.10 bits per heavy atom. The molecule has 2 aromatic carbocycles. The highest BCUT2D eigenvalue weighted by Gasteiger charge is 2.27. The van der Waals surface area contributed by atoms with E-state index in [0.717, 1.165) is 24.2 Å². The van der Waals surface area contributed by atoms with Crippen LogP contribution in [0.4, 0.5) is 9.52 Å². The summed E-state index contributed by atoms with van der Waals surface area (Å²) >= 11 is 8.61. The maximum atomic E-state index is 13.5. The summed E-state index contributed by atoms with van der Waals surface area (Å²) in [6.07, 6.45) is 1.73. The summed E-state index contributed by atoms with van der Waals surface area (Å²) in [6, 6.07) is 8.94. The van der Waals surface area contributed by atoms with Gasteiger partial charge in [0.2, 0.25) is 10.0 Å². The van der Waals surface area contributed by atoms with Crippen LogP contribution in [0, 0.1) is 5.82 Å². The Morgan fingerprint density at radius 3 is 2.65 bits per heavy atom. The van der Waals surface area contributed by atoms with E-state index in [4.69, 9.17) is 11.6 Å². The molecule has 0 aliphatic carbocycles. The Kier molecular flexibility index (Phi) is 5.22. The smallest absolute Gasteiger partial charge is 0.269 e. The van der Waals surface area contributed by atoms with Crippen LogP contribution in [0.3, 0.4) is 0 Å². The van der Waals surface area contributed by atoms with Crippen molar-refractivity contribution < 1.29 is 17.6 Å². The van der Waals surface area contributed by atoms with Gasteiger partial charge in [-0.1, -0.05) is 22.9 Å². The first-order valence-electron chi connectivity index (χ1n) is 9.42. The van der Waals surface area contributed by atoms with E-state index >= 15 is 0 Å². The lowest BCUT2D eigenvalue weighted by atomic mass is 10.2. The van der Waals surface area contributed by atoms with Crippen LogP contribution in [0.5, 0.6) is 0 Å². The molecule has 4 aromatic rings. The highest BCUT2D eigenvalue weighted by Crippen LogP contribution is 2.37. The van der Waals surface area contributed by atoms with Crippen LogP contribution in [0.15, 0.2) is 41.3 Å². The number of anilines is 1. The number of aromatic nitrogens is 1. The van der Waals surface area contributed by atoms with Gasteiger partial charge in [0, 0.05) is 23.2 Å². The van der Waals surface area contributed by atoms with Crippen LogP contribution < -0.4 is 5.32 Å². The molecule has 0 unspecified atom stereocenters.